The normalized spacial score (nSPS) is 12.3. The first-order valence-corrected chi connectivity index (χ1v) is 9.67. The Kier molecular flexibility index (Phi) is 6.67. The third-order valence-electron chi connectivity index (χ3n) is 4.71. The van der Waals surface area contributed by atoms with Gasteiger partial charge in [0, 0.05) is 17.1 Å². The van der Waals surface area contributed by atoms with Crippen molar-refractivity contribution in [1.29, 1.82) is 0 Å². The van der Waals surface area contributed by atoms with Crippen molar-refractivity contribution >= 4 is 23.5 Å². The number of methoxy groups -OCH3 is 1. The van der Waals surface area contributed by atoms with Crippen molar-refractivity contribution in [3.8, 4) is 0 Å². The molecule has 0 saturated carbocycles. The zero-order valence-corrected chi connectivity index (χ0v) is 17.0. The first-order valence-electron chi connectivity index (χ1n) is 8.45. The molecule has 1 heterocycles. The van der Waals surface area contributed by atoms with E-state index in [1.807, 2.05) is 25.1 Å². The van der Waals surface area contributed by atoms with Crippen molar-refractivity contribution in [3.63, 3.8) is 0 Å². The van der Waals surface area contributed by atoms with Crippen LogP contribution >= 0.6 is 11.8 Å². The minimum atomic E-state index is -0.426. The minimum Gasteiger partial charge on any atom is -0.465 e. The summed E-state index contributed by atoms with van der Waals surface area (Å²) in [4.78, 5) is 31.2. The molecule has 1 N–H and O–H groups in total. The van der Waals surface area contributed by atoms with Gasteiger partial charge in [-0.1, -0.05) is 12.1 Å². The summed E-state index contributed by atoms with van der Waals surface area (Å²) in [5.41, 5.74) is 3.36. The number of hydrogen-bond acceptors (Lipinski definition) is 5. The number of carbonyl (C=O) groups excluding carboxylic acids is 2. The molecule has 1 aromatic carbocycles. The number of aryl methyl sites for hydroxylation is 1. The summed E-state index contributed by atoms with van der Waals surface area (Å²) in [5, 5.41) is 0. The third kappa shape index (κ3) is 4.19. The number of hydrogen-bond donors (Lipinski definition) is 1. The van der Waals surface area contributed by atoms with E-state index >= 15 is 0 Å². The second-order valence-electron chi connectivity index (χ2n) is 6.42. The first kappa shape index (κ1) is 20.3. The molecule has 0 aliphatic heterocycles. The van der Waals surface area contributed by atoms with Gasteiger partial charge in [0.25, 0.3) is 0 Å². The highest BCUT2D eigenvalue weighted by Gasteiger charge is 2.27. The molecule has 26 heavy (non-hydrogen) atoms. The molecule has 0 unspecified atom stereocenters. The second kappa shape index (κ2) is 8.56. The minimum absolute atomic E-state index is 0.0380. The lowest BCUT2D eigenvalue weighted by Gasteiger charge is -2.23. The topological polar surface area (TPSA) is 62.4 Å². The molecular weight excluding hydrogens is 348 g/mol. The van der Waals surface area contributed by atoms with Crippen molar-refractivity contribution in [2.45, 2.75) is 38.3 Å². The lowest BCUT2D eigenvalue weighted by Crippen LogP contribution is -2.36. The number of Topliss-reactive ketones (excluding diaryl/α,β-unsaturated/α-hetero) is 1. The highest BCUT2D eigenvalue weighted by atomic mass is 32.2. The molecule has 0 aliphatic carbocycles. The summed E-state index contributed by atoms with van der Waals surface area (Å²) >= 11 is 1.70. The van der Waals surface area contributed by atoms with E-state index in [1.165, 1.54) is 12.0 Å². The molecule has 2 rings (SSSR count). The van der Waals surface area contributed by atoms with Crippen LogP contribution in [0.1, 0.15) is 44.6 Å². The molecule has 1 atom stereocenters. The Hall–Kier alpha value is -2.05. The van der Waals surface area contributed by atoms with Gasteiger partial charge in [-0.15, -0.1) is 11.8 Å². The number of aromatic nitrogens is 1. The molecule has 1 aromatic heterocycles. The van der Waals surface area contributed by atoms with Crippen LogP contribution in [-0.2, 0) is 11.3 Å². The predicted molar refractivity (Wildman–Crippen MR) is 105 cm³/mol. The Bertz CT molecular complexity index is 796. The van der Waals surface area contributed by atoms with Crippen LogP contribution in [0.25, 0.3) is 0 Å². The number of nitrogens with one attached hydrogen (secondary N) is 1. The number of nitrogens with zero attached hydrogens (tertiary/aromatic N) is 1. The van der Waals surface area contributed by atoms with Gasteiger partial charge in [0.1, 0.15) is 0 Å². The Balaban J connectivity index is 2.16. The Morgan fingerprint density at radius 3 is 2.38 bits per heavy atom. The number of carbonyl (C=O) groups is 2. The van der Waals surface area contributed by atoms with Crippen LogP contribution in [0.4, 0.5) is 0 Å². The monoisotopic (exact) mass is 374 g/mol. The molecule has 0 spiro atoms. The molecule has 0 aliphatic rings. The standard InChI is InChI=1S/C20H26N2O3S/c1-12-17(20(24)25-5)13(2)21-18(12)19(23)14(3)22(4)11-15-7-9-16(26-6)10-8-15/h7-10,14,21H,11H2,1-6H3/t14-/m1/s1. The van der Waals surface area contributed by atoms with E-state index in [-0.39, 0.29) is 11.8 Å². The highest BCUT2D eigenvalue weighted by Crippen LogP contribution is 2.22. The fourth-order valence-corrected chi connectivity index (χ4v) is 3.38. The van der Waals surface area contributed by atoms with Gasteiger partial charge in [0.15, 0.2) is 5.78 Å². The number of esters is 1. The van der Waals surface area contributed by atoms with Crippen LogP contribution in [0.5, 0.6) is 0 Å². The molecule has 0 radical (unpaired) electrons. The van der Waals surface area contributed by atoms with Gasteiger partial charge in [-0.2, -0.15) is 0 Å². The molecular formula is C20H26N2O3S. The number of H-pyrrole nitrogens is 1. The van der Waals surface area contributed by atoms with Crippen molar-refractivity contribution in [2.75, 3.05) is 20.4 Å². The number of thioether (sulfide) groups is 1. The summed E-state index contributed by atoms with van der Waals surface area (Å²) in [5.74, 6) is -0.464. The lowest BCUT2D eigenvalue weighted by atomic mass is 10.0. The molecule has 0 bridgehead atoms. The van der Waals surface area contributed by atoms with Gasteiger partial charge in [-0.05, 0) is 57.3 Å². The van der Waals surface area contributed by atoms with Gasteiger partial charge in [-0.25, -0.2) is 4.79 Å². The fourth-order valence-electron chi connectivity index (χ4n) is 2.97. The summed E-state index contributed by atoms with van der Waals surface area (Å²) in [6.45, 7) is 6.10. The number of rotatable bonds is 7. The van der Waals surface area contributed by atoms with Crippen LogP contribution in [0, 0.1) is 13.8 Å². The van der Waals surface area contributed by atoms with Crippen molar-refractivity contribution in [3.05, 3.63) is 52.3 Å². The quantitative estimate of drug-likeness (QED) is 0.453. The lowest BCUT2D eigenvalue weighted by molar-refractivity contribution is 0.0599. The largest absolute Gasteiger partial charge is 0.465 e. The summed E-state index contributed by atoms with van der Waals surface area (Å²) < 4.78 is 4.81. The number of ether oxygens (including phenoxy) is 1. The first-order chi connectivity index (χ1) is 12.3. The van der Waals surface area contributed by atoms with E-state index in [2.05, 4.69) is 29.2 Å². The number of ketones is 1. The number of aromatic amines is 1. The maximum atomic E-state index is 12.9. The zero-order valence-electron chi connectivity index (χ0n) is 16.2. The van der Waals surface area contributed by atoms with Crippen LogP contribution in [0.15, 0.2) is 29.2 Å². The predicted octanol–water partition coefficient (Wildman–Crippen LogP) is 3.84. The Morgan fingerprint density at radius 1 is 1.23 bits per heavy atom. The van der Waals surface area contributed by atoms with Crippen molar-refractivity contribution in [1.82, 2.24) is 9.88 Å². The SMILES string of the molecule is COC(=O)c1c(C)[nH]c(C(=O)[C@@H](C)N(C)Cc2ccc(SC)cc2)c1C. The maximum Gasteiger partial charge on any atom is 0.339 e. The fraction of sp³-hybridized carbons (Fsp3) is 0.400. The van der Waals surface area contributed by atoms with E-state index in [4.69, 9.17) is 4.74 Å². The van der Waals surface area contributed by atoms with Crippen molar-refractivity contribution in [2.24, 2.45) is 0 Å². The Morgan fingerprint density at radius 2 is 1.85 bits per heavy atom. The summed E-state index contributed by atoms with van der Waals surface area (Å²) in [6, 6.07) is 8.01. The van der Waals surface area contributed by atoms with Crippen molar-refractivity contribution < 1.29 is 14.3 Å². The Labute approximate surface area is 159 Å². The maximum absolute atomic E-state index is 12.9. The zero-order chi connectivity index (χ0) is 19.4. The van der Waals surface area contributed by atoms with E-state index in [9.17, 15) is 9.59 Å². The molecule has 6 heteroatoms. The summed E-state index contributed by atoms with van der Waals surface area (Å²) in [7, 11) is 3.27. The molecule has 140 valence electrons. The molecule has 5 nitrogen and oxygen atoms in total. The van der Waals surface area contributed by atoms with Gasteiger partial charge >= 0.3 is 5.97 Å². The number of likely N-dealkylation sites (N-methyl/N-ethyl adjacent to an activating group) is 1. The number of benzene rings is 1. The second-order valence-corrected chi connectivity index (χ2v) is 7.30. The molecule has 0 fully saturated rings. The molecule has 0 amide bonds. The van der Waals surface area contributed by atoms with E-state index in [0.29, 0.717) is 29.1 Å². The van der Waals surface area contributed by atoms with E-state index < -0.39 is 5.97 Å². The highest BCUT2D eigenvalue weighted by molar-refractivity contribution is 7.98. The average Bonchev–Trinajstić information content (AvgIpc) is 2.94. The van der Waals surface area contributed by atoms with Crippen LogP contribution < -0.4 is 0 Å². The average molecular weight is 375 g/mol. The smallest absolute Gasteiger partial charge is 0.339 e. The molecule has 0 saturated heterocycles. The van der Waals surface area contributed by atoms with Crippen LogP contribution in [0.3, 0.4) is 0 Å². The van der Waals surface area contributed by atoms with Gasteiger partial charge in [-0.3, -0.25) is 9.69 Å². The van der Waals surface area contributed by atoms with Gasteiger partial charge in [0.2, 0.25) is 0 Å². The molecule has 2 aromatic rings. The van der Waals surface area contributed by atoms with Crippen LogP contribution in [-0.4, -0.2) is 48.1 Å². The van der Waals surface area contributed by atoms with E-state index in [1.54, 1.807) is 25.6 Å². The van der Waals surface area contributed by atoms with Gasteiger partial charge in [0.05, 0.1) is 24.4 Å². The van der Waals surface area contributed by atoms with E-state index in [0.717, 1.165) is 5.56 Å². The van der Waals surface area contributed by atoms with Crippen LogP contribution in [0.2, 0.25) is 0 Å². The third-order valence-corrected chi connectivity index (χ3v) is 5.45. The summed E-state index contributed by atoms with van der Waals surface area (Å²) in [6.07, 6.45) is 2.05. The van der Waals surface area contributed by atoms with Gasteiger partial charge < -0.3 is 9.72 Å².